The third kappa shape index (κ3) is 3.15. The van der Waals surface area contributed by atoms with Crippen molar-refractivity contribution in [1.29, 1.82) is 0 Å². The first-order chi connectivity index (χ1) is 15.8. The third-order valence-electron chi connectivity index (χ3n) is 5.72. The maximum atomic E-state index is 6.51. The number of hydrogen-bond donors (Lipinski definition) is 0. The van der Waals surface area contributed by atoms with Crippen molar-refractivity contribution in [1.82, 2.24) is 14.5 Å². The van der Waals surface area contributed by atoms with Crippen LogP contribution in [0.5, 0.6) is 0 Å². The summed E-state index contributed by atoms with van der Waals surface area (Å²) in [6, 6.07) is 37.1. The molecule has 0 aliphatic heterocycles. The first-order valence-electron chi connectivity index (χ1n) is 10.5. The first kappa shape index (κ1) is 18.8. The number of halogens is 1. The van der Waals surface area contributed by atoms with Crippen LogP contribution in [0, 0.1) is 0 Å². The standard InChI is InChI=1S/C28H18ClN3/c29-26-18-27(32-24-15-6-4-13-22(24)23-14-5-7-16-25(23)32)31-28(30-26)21-12-8-11-20(17-21)19-9-2-1-3-10-19/h1-18H. The van der Waals surface area contributed by atoms with Crippen molar-refractivity contribution in [3.63, 3.8) is 0 Å². The quantitative estimate of drug-likeness (QED) is 0.270. The fraction of sp³-hybridized carbons (Fsp3) is 0. The molecule has 4 heteroatoms. The van der Waals surface area contributed by atoms with Crippen molar-refractivity contribution in [2.75, 3.05) is 0 Å². The Hall–Kier alpha value is -3.95. The number of benzene rings is 4. The minimum atomic E-state index is 0.414. The molecule has 0 N–H and O–H groups in total. The van der Waals surface area contributed by atoms with Gasteiger partial charge in [0.15, 0.2) is 5.82 Å². The molecule has 2 aromatic heterocycles. The molecule has 0 spiro atoms. The van der Waals surface area contributed by atoms with Gasteiger partial charge in [-0.15, -0.1) is 0 Å². The van der Waals surface area contributed by atoms with Crippen LogP contribution in [-0.2, 0) is 0 Å². The van der Waals surface area contributed by atoms with Crippen molar-refractivity contribution in [2.45, 2.75) is 0 Å². The molecule has 0 saturated heterocycles. The molecule has 0 unspecified atom stereocenters. The zero-order valence-electron chi connectivity index (χ0n) is 17.1. The second-order valence-electron chi connectivity index (χ2n) is 7.69. The van der Waals surface area contributed by atoms with Crippen molar-refractivity contribution >= 4 is 33.4 Å². The van der Waals surface area contributed by atoms with E-state index in [-0.39, 0.29) is 0 Å². The SMILES string of the molecule is Clc1cc(-n2c3ccccc3c3ccccc32)nc(-c2cccc(-c3ccccc3)c2)n1. The fourth-order valence-corrected chi connectivity index (χ4v) is 4.46. The van der Waals surface area contributed by atoms with E-state index in [4.69, 9.17) is 16.6 Å². The van der Waals surface area contributed by atoms with Gasteiger partial charge in [-0.25, -0.2) is 9.97 Å². The zero-order valence-corrected chi connectivity index (χ0v) is 17.9. The molecule has 0 aliphatic carbocycles. The lowest BCUT2D eigenvalue weighted by Crippen LogP contribution is -2.01. The van der Waals surface area contributed by atoms with E-state index >= 15 is 0 Å². The molecular weight excluding hydrogens is 414 g/mol. The molecule has 4 aromatic carbocycles. The fourth-order valence-electron chi connectivity index (χ4n) is 4.29. The van der Waals surface area contributed by atoms with Gasteiger partial charge in [-0.1, -0.05) is 96.5 Å². The lowest BCUT2D eigenvalue weighted by atomic mass is 10.0. The normalized spacial score (nSPS) is 11.3. The molecule has 6 rings (SSSR count). The zero-order chi connectivity index (χ0) is 21.5. The molecular formula is C28H18ClN3. The number of para-hydroxylation sites is 2. The predicted octanol–water partition coefficient (Wildman–Crippen LogP) is 7.56. The Bertz CT molecular complexity index is 1530. The summed E-state index contributed by atoms with van der Waals surface area (Å²) < 4.78 is 2.16. The maximum Gasteiger partial charge on any atom is 0.163 e. The minimum absolute atomic E-state index is 0.414. The molecule has 6 aromatic rings. The topological polar surface area (TPSA) is 30.7 Å². The molecule has 0 aliphatic rings. The number of fused-ring (bicyclic) bond motifs is 3. The van der Waals surface area contributed by atoms with Gasteiger partial charge in [0.2, 0.25) is 0 Å². The predicted molar refractivity (Wildman–Crippen MR) is 132 cm³/mol. The van der Waals surface area contributed by atoms with Crippen LogP contribution in [0.2, 0.25) is 5.15 Å². The Morgan fingerprint density at radius 2 is 1.12 bits per heavy atom. The molecule has 0 amide bonds. The molecule has 152 valence electrons. The van der Waals surface area contributed by atoms with Gasteiger partial charge < -0.3 is 0 Å². The first-order valence-corrected chi connectivity index (χ1v) is 10.8. The average molecular weight is 432 g/mol. The molecule has 32 heavy (non-hydrogen) atoms. The average Bonchev–Trinajstić information content (AvgIpc) is 3.19. The van der Waals surface area contributed by atoms with E-state index in [9.17, 15) is 0 Å². The van der Waals surface area contributed by atoms with E-state index in [0.717, 1.165) is 33.5 Å². The summed E-state index contributed by atoms with van der Waals surface area (Å²) in [6.07, 6.45) is 0. The summed E-state index contributed by atoms with van der Waals surface area (Å²) in [6.45, 7) is 0. The number of rotatable bonds is 3. The molecule has 0 saturated carbocycles. The Morgan fingerprint density at radius 3 is 1.84 bits per heavy atom. The lowest BCUT2D eigenvalue weighted by Gasteiger charge is -2.10. The Kier molecular flexibility index (Phi) is 4.48. The highest BCUT2D eigenvalue weighted by Crippen LogP contribution is 2.33. The van der Waals surface area contributed by atoms with Crippen molar-refractivity contribution in [3.8, 4) is 28.3 Å². The molecule has 0 atom stereocenters. The molecule has 0 radical (unpaired) electrons. The monoisotopic (exact) mass is 431 g/mol. The summed E-state index contributed by atoms with van der Waals surface area (Å²) in [5.74, 6) is 1.36. The van der Waals surface area contributed by atoms with Crippen LogP contribution in [0.25, 0.3) is 50.1 Å². The molecule has 3 nitrogen and oxygen atoms in total. The van der Waals surface area contributed by atoms with E-state index in [1.165, 1.54) is 10.8 Å². The van der Waals surface area contributed by atoms with Gasteiger partial charge in [0.1, 0.15) is 11.0 Å². The van der Waals surface area contributed by atoms with E-state index in [0.29, 0.717) is 11.0 Å². The van der Waals surface area contributed by atoms with Crippen LogP contribution in [0.3, 0.4) is 0 Å². The minimum Gasteiger partial charge on any atom is -0.294 e. The van der Waals surface area contributed by atoms with Gasteiger partial charge in [0, 0.05) is 22.4 Å². The van der Waals surface area contributed by atoms with Gasteiger partial charge >= 0.3 is 0 Å². The second kappa shape index (κ2) is 7.63. The van der Waals surface area contributed by atoms with Crippen LogP contribution in [-0.4, -0.2) is 14.5 Å². The van der Waals surface area contributed by atoms with Gasteiger partial charge in [-0.05, 0) is 29.3 Å². The molecule has 0 fully saturated rings. The van der Waals surface area contributed by atoms with Gasteiger partial charge in [-0.3, -0.25) is 4.57 Å². The summed E-state index contributed by atoms with van der Waals surface area (Å²) in [5, 5.41) is 2.79. The van der Waals surface area contributed by atoms with Crippen LogP contribution < -0.4 is 0 Å². The molecule has 2 heterocycles. The smallest absolute Gasteiger partial charge is 0.163 e. The lowest BCUT2D eigenvalue weighted by molar-refractivity contribution is 1.04. The summed E-state index contributed by atoms with van der Waals surface area (Å²) in [5.41, 5.74) is 5.37. The summed E-state index contributed by atoms with van der Waals surface area (Å²) >= 11 is 6.51. The number of hydrogen-bond acceptors (Lipinski definition) is 2. The van der Waals surface area contributed by atoms with E-state index in [1.54, 1.807) is 0 Å². The Labute approximate surface area is 190 Å². The number of nitrogens with zero attached hydrogens (tertiary/aromatic N) is 3. The Balaban J connectivity index is 1.56. The van der Waals surface area contributed by atoms with Crippen LogP contribution in [0.15, 0.2) is 109 Å². The van der Waals surface area contributed by atoms with Gasteiger partial charge in [-0.2, -0.15) is 0 Å². The van der Waals surface area contributed by atoms with Gasteiger partial charge in [0.05, 0.1) is 11.0 Å². The highest BCUT2D eigenvalue weighted by molar-refractivity contribution is 6.29. The Morgan fingerprint density at radius 1 is 0.531 bits per heavy atom. The van der Waals surface area contributed by atoms with Gasteiger partial charge in [0.25, 0.3) is 0 Å². The maximum absolute atomic E-state index is 6.51. The third-order valence-corrected chi connectivity index (χ3v) is 5.91. The highest BCUT2D eigenvalue weighted by Gasteiger charge is 2.15. The largest absolute Gasteiger partial charge is 0.294 e. The highest BCUT2D eigenvalue weighted by atomic mass is 35.5. The van der Waals surface area contributed by atoms with Crippen molar-refractivity contribution in [2.24, 2.45) is 0 Å². The summed E-state index contributed by atoms with van der Waals surface area (Å²) in [4.78, 5) is 9.50. The van der Waals surface area contributed by atoms with Crippen LogP contribution in [0.1, 0.15) is 0 Å². The number of aromatic nitrogens is 3. The molecule has 0 bridgehead atoms. The summed E-state index contributed by atoms with van der Waals surface area (Å²) in [7, 11) is 0. The van der Waals surface area contributed by atoms with E-state index < -0.39 is 0 Å². The van der Waals surface area contributed by atoms with Crippen molar-refractivity contribution < 1.29 is 0 Å². The van der Waals surface area contributed by atoms with Crippen molar-refractivity contribution in [3.05, 3.63) is 114 Å². The second-order valence-corrected chi connectivity index (χ2v) is 8.08. The van der Waals surface area contributed by atoms with Crippen LogP contribution >= 0.6 is 11.6 Å². The van der Waals surface area contributed by atoms with Crippen LogP contribution in [0.4, 0.5) is 0 Å². The van der Waals surface area contributed by atoms with E-state index in [1.807, 2.05) is 48.5 Å². The van der Waals surface area contributed by atoms with E-state index in [2.05, 4.69) is 70.2 Å².